The molecule has 0 aliphatic carbocycles. The van der Waals surface area contributed by atoms with E-state index in [4.69, 9.17) is 10.2 Å². The van der Waals surface area contributed by atoms with Crippen molar-refractivity contribution in [2.24, 2.45) is 0 Å². The van der Waals surface area contributed by atoms with Crippen LogP contribution in [0.5, 0.6) is 0 Å². The summed E-state index contributed by atoms with van der Waals surface area (Å²) in [7, 11) is 0. The van der Waals surface area contributed by atoms with Gasteiger partial charge in [-0.25, -0.2) is 0 Å². The Bertz CT molecular complexity index is 1690. The van der Waals surface area contributed by atoms with Crippen molar-refractivity contribution in [2.75, 3.05) is 0 Å². The molecule has 0 amide bonds. The van der Waals surface area contributed by atoms with Gasteiger partial charge in [-0.05, 0) is 64.2 Å². The van der Waals surface area contributed by atoms with Crippen LogP contribution < -0.4 is 20.4 Å². The Morgan fingerprint density at radius 1 is 0.131 bits per heavy atom. The molecule has 0 aliphatic rings. The second kappa shape index (κ2) is 132. The summed E-state index contributed by atoms with van der Waals surface area (Å²) in [5.74, 6) is -4.92. The summed E-state index contributed by atoms with van der Waals surface area (Å²) in [6.07, 6.45) is 120. The molecule has 0 aliphatic heterocycles. The van der Waals surface area contributed by atoms with E-state index in [2.05, 4.69) is 41.5 Å². The summed E-state index contributed by atoms with van der Waals surface area (Å²) in [6.45, 7) is 13.6. The normalized spacial score (nSPS) is 10.7. The van der Waals surface area contributed by atoms with Gasteiger partial charge < -0.3 is 49.8 Å². The van der Waals surface area contributed by atoms with Crippen molar-refractivity contribution in [3.63, 3.8) is 0 Å². The van der Waals surface area contributed by atoms with Crippen molar-refractivity contribution in [3.05, 3.63) is 0 Å². The predicted molar refractivity (Wildman–Crippen MR) is 513 cm³/mol. The molecule has 0 saturated carbocycles. The van der Waals surface area contributed by atoms with Crippen LogP contribution in [0.25, 0.3) is 0 Å². The van der Waals surface area contributed by atoms with Gasteiger partial charge in [-0.15, -0.1) is 0 Å². The van der Waals surface area contributed by atoms with Crippen LogP contribution >= 0.6 is 0 Å². The van der Waals surface area contributed by atoms with Crippen molar-refractivity contribution in [1.82, 2.24) is 0 Å². The van der Waals surface area contributed by atoms with Crippen LogP contribution in [-0.2, 0) is 67.7 Å². The summed E-state index contributed by atoms with van der Waals surface area (Å²) < 4.78 is 0. The standard InChI is InChI=1S/2C22H44O2.4C16H32O2.2Zn/c2*1-2-3-4-5-6-7-8-9-10-11-12-13-14-15-16-17-18-19-20-21-22(23)24;4*1-2-3-4-5-6-7-8-9-10-11-12-13-14-15-16(17)18;;/h2*2-21H2,1H3,(H,23,24);4*2-15H2,1H3,(H,17,18);;/q;;;;;;2*+2/p-4. The molecule has 0 aromatic rings. The van der Waals surface area contributed by atoms with Crippen molar-refractivity contribution in [1.29, 1.82) is 0 Å². The largest absolute Gasteiger partial charge is 2.00 e. The molecule has 12 nitrogen and oxygen atoms in total. The molecule has 0 radical (unpaired) electrons. The van der Waals surface area contributed by atoms with Crippen molar-refractivity contribution >= 4 is 35.8 Å². The zero-order valence-corrected chi connectivity index (χ0v) is 89.2. The Kier molecular flexibility index (Phi) is 147. The Labute approximate surface area is 786 Å². The number of unbranched alkanes of at least 4 members (excludes halogenated alkanes) is 84. The molecular formula is C108H212O12Zn2. The Hall–Kier alpha value is -1.93. The van der Waals surface area contributed by atoms with Gasteiger partial charge in [0, 0.05) is 36.7 Å². The fourth-order valence-electron chi connectivity index (χ4n) is 15.9. The van der Waals surface area contributed by atoms with Gasteiger partial charge in [0.05, 0.1) is 0 Å². The average molecular weight is 1830 g/mol. The molecule has 0 aromatic heterocycles. The minimum Gasteiger partial charge on any atom is -0.550 e. The van der Waals surface area contributed by atoms with Crippen molar-refractivity contribution < 1.29 is 98.4 Å². The minimum atomic E-state index is -0.905. The number of carbonyl (C=O) groups is 6. The summed E-state index contributed by atoms with van der Waals surface area (Å²) >= 11 is 0. The van der Waals surface area contributed by atoms with Gasteiger partial charge >= 0.3 is 50.9 Å². The molecule has 122 heavy (non-hydrogen) atoms. The Morgan fingerprint density at radius 3 is 0.262 bits per heavy atom. The monoisotopic (exact) mass is 1830 g/mol. The van der Waals surface area contributed by atoms with E-state index in [9.17, 15) is 49.2 Å². The number of carbonyl (C=O) groups excluding carboxylic acids is 4. The van der Waals surface area contributed by atoms with Gasteiger partial charge in [0.2, 0.25) is 0 Å². The molecule has 0 heterocycles. The van der Waals surface area contributed by atoms with E-state index in [1.807, 2.05) is 0 Å². The van der Waals surface area contributed by atoms with E-state index in [1.165, 1.54) is 501 Å². The predicted octanol–water partition coefficient (Wildman–Crippen LogP) is 32.7. The first-order valence-electron chi connectivity index (χ1n) is 53.9. The van der Waals surface area contributed by atoms with Crippen LogP contribution in [0.1, 0.15) is 658 Å². The second-order valence-electron chi connectivity index (χ2n) is 36.5. The van der Waals surface area contributed by atoms with Crippen molar-refractivity contribution in [2.45, 2.75) is 658 Å². The molecular weight excluding hydrogens is 1620 g/mol. The summed E-state index contributed by atoms with van der Waals surface area (Å²) in [5.41, 5.74) is 0. The van der Waals surface area contributed by atoms with Gasteiger partial charge in [-0.1, -0.05) is 581 Å². The number of hydrogen-bond acceptors (Lipinski definition) is 10. The molecule has 720 valence electrons. The maximum Gasteiger partial charge on any atom is 2.00 e. The van der Waals surface area contributed by atoms with Gasteiger partial charge in [0.25, 0.3) is 0 Å². The third kappa shape index (κ3) is 162. The Morgan fingerprint density at radius 2 is 0.197 bits per heavy atom. The van der Waals surface area contributed by atoms with E-state index < -0.39 is 35.8 Å². The van der Waals surface area contributed by atoms with Crippen molar-refractivity contribution in [3.8, 4) is 0 Å². The maximum absolute atomic E-state index is 10.4. The van der Waals surface area contributed by atoms with Gasteiger partial charge in [0.15, 0.2) is 0 Å². The number of rotatable bonds is 96. The summed E-state index contributed by atoms with van der Waals surface area (Å²) in [5, 5.41) is 57.9. The molecule has 0 bridgehead atoms. The SMILES string of the molecule is CCCCCCCCCCCCCCCC(=O)[O-].CCCCCCCCCCCCCCCC(=O)[O-].CCCCCCCCCCCCCCCC(=O)[O-].CCCCCCCCCCCCCCCC(=O)[O-].CCCCCCCCCCCCCCCCCCCCCC(=O)O.CCCCCCCCCCCCCCCCCCCCCC(=O)O.[Zn+2].[Zn+2]. The number of aliphatic carboxylic acids is 6. The average Bonchev–Trinajstić information content (AvgIpc) is 1.17. The van der Waals surface area contributed by atoms with Gasteiger partial charge in [0.1, 0.15) is 0 Å². The smallest absolute Gasteiger partial charge is 0.550 e. The van der Waals surface area contributed by atoms with Crippen LogP contribution in [0.3, 0.4) is 0 Å². The molecule has 2 N–H and O–H groups in total. The molecule has 0 fully saturated rings. The Balaban J connectivity index is -0.000000213. The first-order chi connectivity index (χ1) is 58.6. The molecule has 0 saturated heterocycles. The molecule has 0 unspecified atom stereocenters. The number of carboxylic acids is 6. The summed E-state index contributed by atoms with van der Waals surface area (Å²) in [4.78, 5) is 61.5. The topological polar surface area (TPSA) is 235 Å². The molecule has 0 atom stereocenters. The van der Waals surface area contributed by atoms with E-state index in [-0.39, 0.29) is 64.6 Å². The molecule has 0 aromatic carbocycles. The fraction of sp³-hybridized carbons (Fsp3) is 0.944. The maximum atomic E-state index is 10.4. The molecule has 0 spiro atoms. The minimum absolute atomic E-state index is 0. The van der Waals surface area contributed by atoms with E-state index >= 15 is 0 Å². The van der Waals surface area contributed by atoms with Gasteiger partial charge in [-0.2, -0.15) is 0 Å². The third-order valence-electron chi connectivity index (χ3n) is 23.9. The zero-order valence-electron chi connectivity index (χ0n) is 83.3. The second-order valence-corrected chi connectivity index (χ2v) is 36.5. The van der Waals surface area contributed by atoms with Crippen LogP contribution in [0.2, 0.25) is 0 Å². The number of carboxylic acid groups (broad SMARTS) is 6. The first-order valence-corrected chi connectivity index (χ1v) is 53.9. The quantitative estimate of drug-likeness (QED) is 0.0427. The fourth-order valence-corrected chi connectivity index (χ4v) is 15.9. The van der Waals surface area contributed by atoms with Crippen LogP contribution in [0.15, 0.2) is 0 Å². The van der Waals surface area contributed by atoms with E-state index in [0.29, 0.717) is 12.8 Å². The zero-order chi connectivity index (χ0) is 89.3. The van der Waals surface area contributed by atoms with Crippen LogP contribution in [-0.4, -0.2) is 46.0 Å². The first kappa shape index (κ1) is 136. The molecule has 0 rings (SSSR count). The number of hydrogen-bond donors (Lipinski definition) is 2. The van der Waals surface area contributed by atoms with Crippen LogP contribution in [0.4, 0.5) is 0 Å². The molecule has 14 heteroatoms. The van der Waals surface area contributed by atoms with Gasteiger partial charge in [-0.3, -0.25) is 9.59 Å². The van der Waals surface area contributed by atoms with E-state index in [0.717, 1.165) is 77.0 Å². The third-order valence-corrected chi connectivity index (χ3v) is 23.9. The van der Waals surface area contributed by atoms with E-state index in [1.54, 1.807) is 0 Å². The van der Waals surface area contributed by atoms with Crippen LogP contribution in [0, 0.1) is 0 Å². The summed E-state index contributed by atoms with van der Waals surface area (Å²) in [6, 6.07) is 0.